The summed E-state index contributed by atoms with van der Waals surface area (Å²) in [5, 5.41) is 2.78. The molecular formula is C17H28N2O3S. The Morgan fingerprint density at radius 2 is 1.52 bits per heavy atom. The van der Waals surface area contributed by atoms with Gasteiger partial charge in [0.25, 0.3) is 0 Å². The molecule has 0 bridgehead atoms. The van der Waals surface area contributed by atoms with E-state index in [0.717, 1.165) is 26.6 Å². The van der Waals surface area contributed by atoms with Crippen LogP contribution in [-0.4, -0.2) is 37.8 Å². The monoisotopic (exact) mass is 340 g/mol. The largest absolute Gasteiger partial charge is 0.350 e. The van der Waals surface area contributed by atoms with Crippen LogP contribution in [0.3, 0.4) is 0 Å². The van der Waals surface area contributed by atoms with E-state index in [1.54, 1.807) is 13.8 Å². The van der Waals surface area contributed by atoms with Gasteiger partial charge in [-0.1, -0.05) is 6.07 Å². The van der Waals surface area contributed by atoms with E-state index in [1.165, 1.54) is 7.05 Å². The fourth-order valence-corrected chi connectivity index (χ4v) is 4.16. The molecular weight excluding hydrogens is 312 g/mol. The van der Waals surface area contributed by atoms with Gasteiger partial charge < -0.3 is 5.32 Å². The van der Waals surface area contributed by atoms with Gasteiger partial charge in [-0.05, 0) is 70.7 Å². The number of rotatable bonds is 4. The lowest BCUT2D eigenvalue weighted by Gasteiger charge is -2.24. The van der Waals surface area contributed by atoms with Crippen LogP contribution in [0.25, 0.3) is 0 Å². The second kappa shape index (κ2) is 6.61. The molecule has 0 saturated carbocycles. The Bertz CT molecular complexity index is 690. The first-order valence-electron chi connectivity index (χ1n) is 7.62. The molecule has 0 radical (unpaired) electrons. The number of hydrogen-bond acceptors (Lipinski definition) is 3. The van der Waals surface area contributed by atoms with Crippen molar-refractivity contribution < 1.29 is 13.2 Å². The molecule has 0 fully saturated rings. The van der Waals surface area contributed by atoms with Gasteiger partial charge in [-0.2, -0.15) is 4.31 Å². The summed E-state index contributed by atoms with van der Waals surface area (Å²) in [7, 11) is -2.28. The van der Waals surface area contributed by atoms with Crippen molar-refractivity contribution in [1.82, 2.24) is 9.62 Å². The summed E-state index contributed by atoms with van der Waals surface area (Å²) in [6.07, 6.45) is 0. The van der Waals surface area contributed by atoms with Gasteiger partial charge in [0.05, 0.1) is 11.4 Å². The number of carbonyl (C=O) groups is 1. The summed E-state index contributed by atoms with van der Waals surface area (Å²) >= 11 is 0. The van der Waals surface area contributed by atoms with Gasteiger partial charge in [0.15, 0.2) is 0 Å². The minimum absolute atomic E-state index is 0.203. The first-order chi connectivity index (χ1) is 10.3. The zero-order valence-corrected chi connectivity index (χ0v) is 16.2. The molecule has 0 aliphatic carbocycles. The second-order valence-electron chi connectivity index (χ2n) is 7.15. The number of nitrogens with one attached hydrogen (secondary N) is 1. The predicted octanol–water partition coefficient (Wildman–Crippen LogP) is 2.46. The van der Waals surface area contributed by atoms with E-state index in [0.29, 0.717) is 4.90 Å². The summed E-state index contributed by atoms with van der Waals surface area (Å²) in [5.74, 6) is -0.316. The number of sulfonamides is 1. The highest BCUT2D eigenvalue weighted by Gasteiger charge is 2.28. The van der Waals surface area contributed by atoms with Gasteiger partial charge in [0.2, 0.25) is 15.9 Å². The Morgan fingerprint density at radius 1 is 1.09 bits per heavy atom. The van der Waals surface area contributed by atoms with E-state index in [9.17, 15) is 13.2 Å². The molecule has 1 amide bonds. The van der Waals surface area contributed by atoms with Crippen molar-refractivity contribution in [1.29, 1.82) is 0 Å². The summed E-state index contributed by atoms with van der Waals surface area (Å²) < 4.78 is 27.0. The standard InChI is InChI=1S/C17H28N2O3S/c1-11-9-12(2)14(4)16(13(11)3)23(21,22)19(8)10-15(20)18-17(5,6)7/h9H,10H2,1-8H3,(H,18,20). The maximum atomic E-state index is 12.9. The molecule has 1 N–H and O–H groups in total. The van der Waals surface area contributed by atoms with Gasteiger partial charge in [0.1, 0.15) is 0 Å². The maximum Gasteiger partial charge on any atom is 0.243 e. The molecule has 0 heterocycles. The van der Waals surface area contributed by atoms with E-state index >= 15 is 0 Å². The molecule has 0 aliphatic heterocycles. The van der Waals surface area contributed by atoms with Crippen LogP contribution in [0, 0.1) is 27.7 Å². The average Bonchev–Trinajstić information content (AvgIpc) is 2.33. The average molecular weight is 340 g/mol. The van der Waals surface area contributed by atoms with Crippen LogP contribution in [0.2, 0.25) is 0 Å². The topological polar surface area (TPSA) is 66.5 Å². The van der Waals surface area contributed by atoms with Crippen molar-refractivity contribution in [3.63, 3.8) is 0 Å². The normalized spacial score (nSPS) is 12.6. The minimum atomic E-state index is -3.72. The number of benzene rings is 1. The molecule has 0 unspecified atom stereocenters. The third-order valence-electron chi connectivity index (χ3n) is 3.85. The quantitative estimate of drug-likeness (QED) is 0.915. The van der Waals surface area contributed by atoms with Crippen molar-refractivity contribution in [2.24, 2.45) is 0 Å². The molecule has 0 aliphatic rings. The molecule has 6 heteroatoms. The van der Waals surface area contributed by atoms with Gasteiger partial charge in [-0.15, -0.1) is 0 Å². The van der Waals surface area contributed by atoms with E-state index in [4.69, 9.17) is 0 Å². The van der Waals surface area contributed by atoms with Crippen LogP contribution in [0.5, 0.6) is 0 Å². The van der Waals surface area contributed by atoms with Gasteiger partial charge in [-0.3, -0.25) is 4.79 Å². The third kappa shape index (κ3) is 4.54. The molecule has 1 aromatic carbocycles. The molecule has 0 aromatic heterocycles. The SMILES string of the molecule is Cc1cc(C)c(C)c(S(=O)(=O)N(C)CC(=O)NC(C)(C)C)c1C. The van der Waals surface area contributed by atoms with Crippen LogP contribution in [-0.2, 0) is 14.8 Å². The number of hydrogen-bond donors (Lipinski definition) is 1. The predicted molar refractivity (Wildman–Crippen MR) is 93.1 cm³/mol. The Hall–Kier alpha value is -1.40. The van der Waals surface area contributed by atoms with Gasteiger partial charge >= 0.3 is 0 Å². The summed E-state index contributed by atoms with van der Waals surface area (Å²) in [4.78, 5) is 12.3. The summed E-state index contributed by atoms with van der Waals surface area (Å²) in [6, 6.07) is 1.98. The lowest BCUT2D eigenvalue weighted by Crippen LogP contribution is -2.46. The summed E-state index contributed by atoms with van der Waals surface area (Å²) in [6.45, 7) is 12.8. The third-order valence-corrected chi connectivity index (χ3v) is 5.92. The van der Waals surface area contributed by atoms with E-state index in [-0.39, 0.29) is 12.5 Å². The Balaban J connectivity index is 3.20. The lowest BCUT2D eigenvalue weighted by molar-refractivity contribution is -0.122. The first-order valence-corrected chi connectivity index (χ1v) is 9.06. The Morgan fingerprint density at radius 3 is 1.91 bits per heavy atom. The molecule has 0 spiro atoms. The highest BCUT2D eigenvalue weighted by atomic mass is 32.2. The molecule has 1 aromatic rings. The molecule has 5 nitrogen and oxygen atoms in total. The molecule has 0 atom stereocenters. The van der Waals surface area contributed by atoms with Crippen LogP contribution in [0.4, 0.5) is 0 Å². The zero-order valence-electron chi connectivity index (χ0n) is 15.4. The van der Waals surface area contributed by atoms with Crippen molar-refractivity contribution in [2.45, 2.75) is 58.9 Å². The summed E-state index contributed by atoms with van der Waals surface area (Å²) in [5.41, 5.74) is 2.93. The smallest absolute Gasteiger partial charge is 0.243 e. The van der Waals surface area contributed by atoms with Gasteiger partial charge in [-0.25, -0.2) is 8.42 Å². The van der Waals surface area contributed by atoms with Crippen LogP contribution < -0.4 is 5.32 Å². The van der Waals surface area contributed by atoms with Crippen molar-refractivity contribution in [3.05, 3.63) is 28.3 Å². The Kier molecular flexibility index (Phi) is 5.65. The minimum Gasteiger partial charge on any atom is -0.350 e. The lowest BCUT2D eigenvalue weighted by atomic mass is 10.0. The zero-order chi connectivity index (χ0) is 18.2. The van der Waals surface area contributed by atoms with E-state index in [1.807, 2.05) is 40.7 Å². The fourth-order valence-electron chi connectivity index (χ4n) is 2.47. The second-order valence-corrected chi connectivity index (χ2v) is 9.13. The number of carbonyl (C=O) groups excluding carboxylic acids is 1. The van der Waals surface area contributed by atoms with Crippen LogP contribution in [0.15, 0.2) is 11.0 Å². The van der Waals surface area contributed by atoms with E-state index in [2.05, 4.69) is 5.32 Å². The van der Waals surface area contributed by atoms with Crippen molar-refractivity contribution in [3.8, 4) is 0 Å². The maximum absolute atomic E-state index is 12.9. The number of aryl methyl sites for hydroxylation is 2. The van der Waals surface area contributed by atoms with E-state index < -0.39 is 15.6 Å². The van der Waals surface area contributed by atoms with Crippen LogP contribution in [0.1, 0.15) is 43.0 Å². The highest BCUT2D eigenvalue weighted by Crippen LogP contribution is 2.28. The van der Waals surface area contributed by atoms with Gasteiger partial charge in [0, 0.05) is 12.6 Å². The molecule has 0 saturated heterocycles. The van der Waals surface area contributed by atoms with Crippen molar-refractivity contribution >= 4 is 15.9 Å². The first kappa shape index (κ1) is 19.6. The highest BCUT2D eigenvalue weighted by molar-refractivity contribution is 7.89. The van der Waals surface area contributed by atoms with Crippen molar-refractivity contribution in [2.75, 3.05) is 13.6 Å². The Labute approximate surface area is 140 Å². The van der Waals surface area contributed by atoms with Crippen LogP contribution >= 0.6 is 0 Å². The molecule has 130 valence electrons. The number of amides is 1. The number of likely N-dealkylation sites (N-methyl/N-ethyl adjacent to an activating group) is 1. The number of nitrogens with zero attached hydrogens (tertiary/aromatic N) is 1. The fraction of sp³-hybridized carbons (Fsp3) is 0.588. The molecule has 1 rings (SSSR count). The molecule has 23 heavy (non-hydrogen) atoms.